The van der Waals surface area contributed by atoms with E-state index < -0.39 is 10.0 Å². The molecule has 1 aromatic carbocycles. The fourth-order valence-corrected chi connectivity index (χ4v) is 4.56. The largest absolute Gasteiger partial charge is 0.497 e. The molecule has 1 N–H and O–H groups in total. The summed E-state index contributed by atoms with van der Waals surface area (Å²) in [5.74, 6) is 0.528. The van der Waals surface area contributed by atoms with Gasteiger partial charge < -0.3 is 10.1 Å². The average molecular weight is 400 g/mol. The van der Waals surface area contributed by atoms with Crippen molar-refractivity contribution >= 4 is 38.4 Å². The first-order chi connectivity index (χ1) is 9.47. The first-order valence-electron chi connectivity index (χ1n) is 6.49. The van der Waals surface area contributed by atoms with E-state index in [0.29, 0.717) is 23.3 Å². The van der Waals surface area contributed by atoms with Crippen molar-refractivity contribution in [2.45, 2.75) is 23.8 Å². The third kappa shape index (κ3) is 4.32. The van der Waals surface area contributed by atoms with Crippen molar-refractivity contribution < 1.29 is 13.2 Å². The number of sulfonamides is 1. The number of nitrogens with zero attached hydrogens (tertiary/aromatic N) is 1. The van der Waals surface area contributed by atoms with Crippen molar-refractivity contribution in [2.24, 2.45) is 0 Å². The molecule has 1 saturated heterocycles. The highest BCUT2D eigenvalue weighted by molar-refractivity contribution is 9.10. The maximum atomic E-state index is 12.7. The Hall–Kier alpha value is -0.340. The van der Waals surface area contributed by atoms with E-state index >= 15 is 0 Å². The molecular formula is C13H20BrClN2O3S. The summed E-state index contributed by atoms with van der Waals surface area (Å²) in [4.78, 5) is 0.264. The van der Waals surface area contributed by atoms with Crippen LogP contribution < -0.4 is 10.1 Å². The average Bonchev–Trinajstić information content (AvgIpc) is 2.46. The summed E-state index contributed by atoms with van der Waals surface area (Å²) in [6.07, 6.45) is 1.88. The Labute approximate surface area is 140 Å². The van der Waals surface area contributed by atoms with Gasteiger partial charge in [0.25, 0.3) is 0 Å². The fraction of sp³-hybridized carbons (Fsp3) is 0.538. The molecule has 8 heteroatoms. The van der Waals surface area contributed by atoms with Crippen molar-refractivity contribution in [3.63, 3.8) is 0 Å². The Kier molecular flexibility index (Phi) is 6.93. The number of methoxy groups -OCH3 is 1. The molecule has 0 spiro atoms. The number of halogens is 2. The zero-order chi connectivity index (χ0) is 14.8. The van der Waals surface area contributed by atoms with Crippen molar-refractivity contribution in [3.05, 3.63) is 22.7 Å². The molecule has 0 aliphatic carbocycles. The molecular weight excluding hydrogens is 380 g/mol. The van der Waals surface area contributed by atoms with Crippen LogP contribution >= 0.6 is 28.3 Å². The summed E-state index contributed by atoms with van der Waals surface area (Å²) in [6, 6.07) is 5.13. The van der Waals surface area contributed by atoms with E-state index in [1.54, 1.807) is 22.5 Å². The summed E-state index contributed by atoms with van der Waals surface area (Å²) < 4.78 is 32.7. The maximum absolute atomic E-state index is 12.7. The van der Waals surface area contributed by atoms with Crippen LogP contribution in [0.15, 0.2) is 27.6 Å². The highest BCUT2D eigenvalue weighted by Gasteiger charge is 2.30. The zero-order valence-corrected chi connectivity index (χ0v) is 15.2. The minimum Gasteiger partial charge on any atom is -0.497 e. The van der Waals surface area contributed by atoms with Gasteiger partial charge >= 0.3 is 0 Å². The molecule has 1 atom stereocenters. The Morgan fingerprint density at radius 3 is 2.71 bits per heavy atom. The lowest BCUT2D eigenvalue weighted by atomic mass is 10.1. The smallest absolute Gasteiger partial charge is 0.243 e. The van der Waals surface area contributed by atoms with Gasteiger partial charge in [-0.25, -0.2) is 8.42 Å². The number of benzene rings is 1. The van der Waals surface area contributed by atoms with Gasteiger partial charge in [-0.15, -0.1) is 12.4 Å². The molecule has 21 heavy (non-hydrogen) atoms. The standard InChI is InChI=1S/C13H19BrN2O3S.ClH/c1-15-11-4-3-5-16(9-11)20(17,18)13-7-10(14)6-12(8-13)19-2;/h6-8,11,15H,3-5,9H2,1-2H3;1H. The second-order valence-corrected chi connectivity index (χ2v) is 7.67. The first kappa shape index (κ1) is 18.7. The molecule has 5 nitrogen and oxygen atoms in total. The number of hydrogen-bond acceptors (Lipinski definition) is 4. The van der Waals surface area contributed by atoms with E-state index in [4.69, 9.17) is 4.74 Å². The molecule has 1 aliphatic rings. The third-order valence-corrected chi connectivity index (χ3v) is 5.81. The zero-order valence-electron chi connectivity index (χ0n) is 12.0. The maximum Gasteiger partial charge on any atom is 0.243 e. The molecule has 0 radical (unpaired) electrons. The molecule has 1 heterocycles. The van der Waals surface area contributed by atoms with Gasteiger partial charge in [0.15, 0.2) is 0 Å². The lowest BCUT2D eigenvalue weighted by Crippen LogP contribution is -2.46. The SMILES string of the molecule is CNC1CCCN(S(=O)(=O)c2cc(Br)cc(OC)c2)C1.Cl. The van der Waals surface area contributed by atoms with Gasteiger partial charge in [0.05, 0.1) is 12.0 Å². The van der Waals surface area contributed by atoms with Crippen LogP contribution in [0.4, 0.5) is 0 Å². The summed E-state index contributed by atoms with van der Waals surface area (Å²) in [6.45, 7) is 1.07. The number of likely N-dealkylation sites (N-methyl/N-ethyl adjacent to an activating group) is 1. The predicted octanol–water partition coefficient (Wildman–Crippen LogP) is 2.25. The Balaban J connectivity index is 0.00000220. The number of hydrogen-bond donors (Lipinski definition) is 1. The van der Waals surface area contributed by atoms with E-state index in [0.717, 1.165) is 12.8 Å². The second kappa shape index (κ2) is 7.78. The van der Waals surface area contributed by atoms with Gasteiger partial charge in [-0.3, -0.25) is 0 Å². The summed E-state index contributed by atoms with van der Waals surface area (Å²) >= 11 is 3.32. The van der Waals surface area contributed by atoms with Crippen molar-refractivity contribution in [1.29, 1.82) is 0 Å². The molecule has 1 aliphatic heterocycles. The van der Waals surface area contributed by atoms with E-state index in [-0.39, 0.29) is 23.3 Å². The Morgan fingerprint density at radius 2 is 2.10 bits per heavy atom. The van der Waals surface area contributed by atoms with Gasteiger partial charge in [-0.05, 0) is 32.0 Å². The minimum absolute atomic E-state index is 0. The van der Waals surface area contributed by atoms with Crippen LogP contribution in [-0.2, 0) is 10.0 Å². The molecule has 120 valence electrons. The monoisotopic (exact) mass is 398 g/mol. The summed E-state index contributed by atoms with van der Waals surface area (Å²) in [5, 5.41) is 3.15. The first-order valence-corrected chi connectivity index (χ1v) is 8.72. The van der Waals surface area contributed by atoms with Crippen molar-refractivity contribution in [2.75, 3.05) is 27.2 Å². The Bertz CT molecular complexity index is 583. The normalized spacial score (nSPS) is 19.9. The highest BCUT2D eigenvalue weighted by Crippen LogP contribution is 2.27. The molecule has 0 aromatic heterocycles. The lowest BCUT2D eigenvalue weighted by molar-refractivity contribution is 0.292. The molecule has 0 bridgehead atoms. The topological polar surface area (TPSA) is 58.6 Å². The number of nitrogens with one attached hydrogen (secondary N) is 1. The Morgan fingerprint density at radius 1 is 1.38 bits per heavy atom. The minimum atomic E-state index is -3.48. The highest BCUT2D eigenvalue weighted by atomic mass is 79.9. The third-order valence-electron chi connectivity index (χ3n) is 3.51. The van der Waals surface area contributed by atoms with E-state index in [2.05, 4.69) is 21.2 Å². The van der Waals surface area contributed by atoms with Crippen molar-refractivity contribution in [1.82, 2.24) is 9.62 Å². The van der Waals surface area contributed by atoms with Crippen LogP contribution in [0.3, 0.4) is 0 Å². The van der Waals surface area contributed by atoms with Crippen LogP contribution in [0.25, 0.3) is 0 Å². The van der Waals surface area contributed by atoms with Crippen LogP contribution in [0.5, 0.6) is 5.75 Å². The van der Waals surface area contributed by atoms with Crippen LogP contribution in [-0.4, -0.2) is 46.0 Å². The molecule has 0 saturated carbocycles. The quantitative estimate of drug-likeness (QED) is 0.843. The van der Waals surface area contributed by atoms with Crippen LogP contribution in [0, 0.1) is 0 Å². The number of ether oxygens (including phenoxy) is 1. The van der Waals surface area contributed by atoms with E-state index in [9.17, 15) is 8.42 Å². The van der Waals surface area contributed by atoms with Gasteiger partial charge in [0, 0.05) is 29.7 Å². The number of rotatable bonds is 4. The van der Waals surface area contributed by atoms with Crippen LogP contribution in [0.2, 0.25) is 0 Å². The summed E-state index contributed by atoms with van der Waals surface area (Å²) in [7, 11) is -0.0889. The molecule has 1 aromatic rings. The molecule has 1 unspecified atom stereocenters. The van der Waals surface area contributed by atoms with Gasteiger partial charge in [0.1, 0.15) is 5.75 Å². The molecule has 2 rings (SSSR count). The van der Waals surface area contributed by atoms with Gasteiger partial charge in [0.2, 0.25) is 10.0 Å². The van der Waals surface area contributed by atoms with Crippen LogP contribution in [0.1, 0.15) is 12.8 Å². The van der Waals surface area contributed by atoms with E-state index in [1.807, 2.05) is 7.05 Å². The van der Waals surface area contributed by atoms with Gasteiger partial charge in [-0.2, -0.15) is 4.31 Å². The van der Waals surface area contributed by atoms with Crippen molar-refractivity contribution in [3.8, 4) is 5.75 Å². The van der Waals surface area contributed by atoms with Gasteiger partial charge in [-0.1, -0.05) is 15.9 Å². The molecule has 0 amide bonds. The lowest BCUT2D eigenvalue weighted by Gasteiger charge is -2.31. The predicted molar refractivity (Wildman–Crippen MR) is 88.8 cm³/mol. The summed E-state index contributed by atoms with van der Waals surface area (Å²) in [5.41, 5.74) is 0. The number of piperidine rings is 1. The van der Waals surface area contributed by atoms with E-state index in [1.165, 1.54) is 7.11 Å². The fourth-order valence-electron chi connectivity index (χ4n) is 2.35. The molecule has 1 fully saturated rings. The second-order valence-electron chi connectivity index (χ2n) is 4.82.